The molecule has 2 aromatic rings. The first-order valence-corrected chi connectivity index (χ1v) is 9.51. The highest BCUT2D eigenvalue weighted by Crippen LogP contribution is 2.31. The van der Waals surface area contributed by atoms with Crippen molar-refractivity contribution in [2.24, 2.45) is 0 Å². The van der Waals surface area contributed by atoms with Gasteiger partial charge in [-0.05, 0) is 38.1 Å². The molecular weight excluding hydrogens is 391 g/mol. The smallest absolute Gasteiger partial charge is 0.165 e. The predicted octanol–water partition coefficient (Wildman–Crippen LogP) is 0.109. The summed E-state index contributed by atoms with van der Waals surface area (Å²) in [5, 5.41) is 0.654. The SMILES string of the molecule is Cc1ccc(N(/C(Cl)=C/C=[N+](C)C)c2ccc(C)cc2)cc1.[O-][Cl+3]([O-])([O-])[O-]. The van der Waals surface area contributed by atoms with Crippen LogP contribution in [0.3, 0.4) is 0 Å². The minimum Gasteiger partial charge on any atom is -0.301 e. The van der Waals surface area contributed by atoms with E-state index in [4.69, 9.17) is 30.2 Å². The molecule has 6 nitrogen and oxygen atoms in total. The van der Waals surface area contributed by atoms with Gasteiger partial charge in [0.15, 0.2) is 6.21 Å². The van der Waals surface area contributed by atoms with E-state index in [9.17, 15) is 0 Å². The molecular formula is C19H22Cl2N2O4. The fourth-order valence-corrected chi connectivity index (χ4v) is 2.32. The molecule has 0 aliphatic carbocycles. The lowest BCUT2D eigenvalue weighted by molar-refractivity contribution is -2.00. The third-order valence-corrected chi connectivity index (χ3v) is 3.60. The second-order valence-corrected chi connectivity index (χ2v) is 7.13. The molecule has 146 valence electrons. The highest BCUT2D eigenvalue weighted by atomic mass is 35.7. The lowest BCUT2D eigenvalue weighted by atomic mass is 10.1. The summed E-state index contributed by atoms with van der Waals surface area (Å²) in [6, 6.07) is 16.7. The van der Waals surface area contributed by atoms with E-state index in [0.717, 1.165) is 11.4 Å². The quantitative estimate of drug-likeness (QED) is 0.403. The van der Waals surface area contributed by atoms with Gasteiger partial charge >= 0.3 is 0 Å². The van der Waals surface area contributed by atoms with Crippen LogP contribution in [0.4, 0.5) is 11.4 Å². The van der Waals surface area contributed by atoms with E-state index in [1.807, 2.05) is 35.9 Å². The fraction of sp³-hybridized carbons (Fsp3) is 0.211. The van der Waals surface area contributed by atoms with Crippen LogP contribution in [-0.4, -0.2) is 24.9 Å². The fourth-order valence-electron chi connectivity index (χ4n) is 2.07. The molecule has 0 saturated heterocycles. The highest BCUT2D eigenvalue weighted by Gasteiger charge is 2.13. The second-order valence-electron chi connectivity index (χ2n) is 5.99. The van der Waals surface area contributed by atoms with Gasteiger partial charge < -0.3 is 4.90 Å². The first-order chi connectivity index (χ1) is 12.5. The normalized spacial score (nSPS) is 11.4. The minimum absolute atomic E-state index is 0.654. The van der Waals surface area contributed by atoms with Crippen molar-refractivity contribution in [3.8, 4) is 0 Å². The van der Waals surface area contributed by atoms with Crippen molar-refractivity contribution in [2.75, 3.05) is 19.0 Å². The molecule has 8 heteroatoms. The number of benzene rings is 2. The summed E-state index contributed by atoms with van der Waals surface area (Å²) in [6.45, 7) is 4.16. The third kappa shape index (κ3) is 9.53. The van der Waals surface area contributed by atoms with Crippen molar-refractivity contribution in [3.05, 3.63) is 70.9 Å². The van der Waals surface area contributed by atoms with Crippen molar-refractivity contribution in [1.82, 2.24) is 0 Å². The molecule has 0 aromatic heterocycles. The summed E-state index contributed by atoms with van der Waals surface area (Å²) in [4.78, 5) is 2.04. The lowest BCUT2D eigenvalue weighted by Gasteiger charge is -2.24. The van der Waals surface area contributed by atoms with Gasteiger partial charge in [-0.3, -0.25) is 0 Å². The van der Waals surface area contributed by atoms with Crippen LogP contribution in [0.2, 0.25) is 0 Å². The van der Waals surface area contributed by atoms with Crippen LogP contribution in [0.25, 0.3) is 0 Å². The van der Waals surface area contributed by atoms with Crippen LogP contribution in [0.15, 0.2) is 59.8 Å². The average molecular weight is 413 g/mol. The summed E-state index contributed by atoms with van der Waals surface area (Å²) in [5.41, 5.74) is 4.55. The zero-order chi connectivity index (χ0) is 20.6. The Balaban J connectivity index is 0.000000646. The maximum absolute atomic E-state index is 8.49. The van der Waals surface area contributed by atoms with E-state index in [1.54, 1.807) is 0 Å². The van der Waals surface area contributed by atoms with Gasteiger partial charge in [-0.15, -0.1) is 10.2 Å². The topological polar surface area (TPSA) is 98.5 Å². The summed E-state index contributed by atoms with van der Waals surface area (Å²) in [6.07, 6.45) is 3.85. The first-order valence-electron chi connectivity index (χ1n) is 7.89. The molecule has 0 radical (unpaired) electrons. The van der Waals surface area contributed by atoms with Gasteiger partial charge in [-0.25, -0.2) is 23.2 Å². The molecule has 0 fully saturated rings. The Bertz CT molecular complexity index is 727. The molecule has 0 spiro atoms. The Labute approximate surface area is 166 Å². The number of hydrogen-bond acceptors (Lipinski definition) is 5. The Morgan fingerprint density at radius 2 is 1.19 bits per heavy atom. The van der Waals surface area contributed by atoms with E-state index in [1.165, 1.54) is 11.1 Å². The van der Waals surface area contributed by atoms with Crippen LogP contribution in [0.5, 0.6) is 0 Å². The average Bonchev–Trinajstić information content (AvgIpc) is 2.55. The second kappa shape index (κ2) is 10.4. The van der Waals surface area contributed by atoms with Crippen molar-refractivity contribution in [3.63, 3.8) is 0 Å². The summed E-state index contributed by atoms with van der Waals surface area (Å²) in [7, 11) is -0.995. The minimum atomic E-state index is -4.94. The summed E-state index contributed by atoms with van der Waals surface area (Å²) < 4.78 is 35.9. The summed E-state index contributed by atoms with van der Waals surface area (Å²) >= 11 is 6.57. The first kappa shape index (κ1) is 23.1. The monoisotopic (exact) mass is 412 g/mol. The maximum atomic E-state index is 8.49. The Morgan fingerprint density at radius 3 is 1.48 bits per heavy atom. The molecule has 0 saturated carbocycles. The molecule has 0 atom stereocenters. The van der Waals surface area contributed by atoms with Gasteiger partial charge in [0.05, 0.1) is 0 Å². The number of nitrogens with zero attached hydrogens (tertiary/aromatic N) is 2. The van der Waals surface area contributed by atoms with Gasteiger partial charge in [0.1, 0.15) is 19.3 Å². The van der Waals surface area contributed by atoms with Gasteiger partial charge in [-0.2, -0.15) is 0 Å². The molecule has 2 rings (SSSR count). The number of hydrogen-bond donors (Lipinski definition) is 0. The molecule has 0 aliphatic heterocycles. The number of allylic oxidation sites excluding steroid dienone is 1. The largest absolute Gasteiger partial charge is 0.301 e. The molecule has 0 amide bonds. The standard InChI is InChI=1S/C19H22ClN2.ClHO4/c1-15-5-9-17(10-6-15)22(19(20)13-14-21(3)4)18-11-7-16(2)8-12-18;2-1(3,4)5/h5-14H,1-4H3;(H,2,3,4,5)/q+1;/p-1. The Hall–Kier alpha value is -1.93. The molecule has 0 aliphatic rings. The Kier molecular flexibility index (Phi) is 8.92. The van der Waals surface area contributed by atoms with Crippen molar-refractivity contribution < 1.29 is 33.5 Å². The third-order valence-electron chi connectivity index (χ3n) is 3.31. The predicted molar refractivity (Wildman–Crippen MR) is 96.6 cm³/mol. The van der Waals surface area contributed by atoms with Gasteiger partial charge in [0.2, 0.25) is 0 Å². The molecule has 0 bridgehead atoms. The molecule has 27 heavy (non-hydrogen) atoms. The van der Waals surface area contributed by atoms with Crippen LogP contribution in [-0.2, 0) is 0 Å². The highest BCUT2D eigenvalue weighted by molar-refractivity contribution is 6.32. The zero-order valence-electron chi connectivity index (χ0n) is 15.6. The van der Waals surface area contributed by atoms with Gasteiger partial charge in [0, 0.05) is 17.5 Å². The van der Waals surface area contributed by atoms with Crippen molar-refractivity contribution in [1.29, 1.82) is 0 Å². The lowest BCUT2D eigenvalue weighted by Crippen LogP contribution is -2.68. The van der Waals surface area contributed by atoms with Gasteiger partial charge in [-0.1, -0.05) is 47.0 Å². The number of anilines is 2. The molecule has 2 aromatic carbocycles. The van der Waals surface area contributed by atoms with Crippen LogP contribution < -0.4 is 23.5 Å². The maximum Gasteiger partial charge on any atom is 0.165 e. The van der Waals surface area contributed by atoms with Gasteiger partial charge in [0.25, 0.3) is 0 Å². The Morgan fingerprint density at radius 1 is 0.852 bits per heavy atom. The van der Waals surface area contributed by atoms with E-state index in [2.05, 4.69) is 62.4 Å². The molecule has 0 unspecified atom stereocenters. The van der Waals surface area contributed by atoms with Crippen molar-refractivity contribution >= 4 is 29.2 Å². The number of halogens is 2. The number of aryl methyl sites for hydroxylation is 2. The van der Waals surface area contributed by atoms with E-state index >= 15 is 0 Å². The van der Waals surface area contributed by atoms with E-state index < -0.39 is 10.2 Å². The van der Waals surface area contributed by atoms with Crippen molar-refractivity contribution in [2.45, 2.75) is 13.8 Å². The number of rotatable bonds is 4. The van der Waals surface area contributed by atoms with Crippen LogP contribution in [0.1, 0.15) is 11.1 Å². The summed E-state index contributed by atoms with van der Waals surface area (Å²) in [5.74, 6) is 0. The van der Waals surface area contributed by atoms with E-state index in [-0.39, 0.29) is 0 Å². The van der Waals surface area contributed by atoms with Crippen LogP contribution in [0, 0.1) is 24.1 Å². The molecule has 0 heterocycles. The van der Waals surface area contributed by atoms with Crippen LogP contribution >= 0.6 is 11.6 Å². The zero-order valence-corrected chi connectivity index (χ0v) is 17.1. The molecule has 0 N–H and O–H groups in total. The van der Waals surface area contributed by atoms with E-state index in [0.29, 0.717) is 5.16 Å².